The molecule has 2 aromatic carbocycles. The fourth-order valence-electron chi connectivity index (χ4n) is 3.77. The van der Waals surface area contributed by atoms with Crippen molar-refractivity contribution in [2.24, 2.45) is 0 Å². The molecule has 0 saturated carbocycles. The molecule has 1 atom stereocenters. The minimum Gasteiger partial charge on any atom is -0.464 e. The Bertz CT molecular complexity index is 1240. The van der Waals surface area contributed by atoms with Gasteiger partial charge in [-0.25, -0.2) is 19.7 Å². The van der Waals surface area contributed by atoms with Gasteiger partial charge in [-0.3, -0.25) is 4.57 Å². The van der Waals surface area contributed by atoms with E-state index in [2.05, 4.69) is 63.9 Å². The van der Waals surface area contributed by atoms with E-state index in [9.17, 15) is 4.79 Å². The lowest BCUT2D eigenvalue weighted by molar-refractivity contribution is -0.138. The monoisotopic (exact) mass is 428 g/mol. The van der Waals surface area contributed by atoms with E-state index in [1.165, 1.54) is 11.9 Å². The van der Waals surface area contributed by atoms with Gasteiger partial charge in [-0.05, 0) is 18.1 Å². The number of imidazole rings is 1. The van der Waals surface area contributed by atoms with Gasteiger partial charge in [-0.2, -0.15) is 0 Å². The minimum atomic E-state index is -0.419. The Morgan fingerprint density at radius 2 is 1.88 bits per heavy atom. The van der Waals surface area contributed by atoms with Crippen LogP contribution in [0.3, 0.4) is 0 Å². The largest absolute Gasteiger partial charge is 0.464 e. The molecule has 4 aromatic rings. The summed E-state index contributed by atoms with van der Waals surface area (Å²) < 4.78 is 7.10. The molecule has 5 rings (SSSR count). The van der Waals surface area contributed by atoms with E-state index >= 15 is 0 Å². The molecule has 0 aliphatic carbocycles. The number of benzene rings is 2. The van der Waals surface area contributed by atoms with Gasteiger partial charge >= 0.3 is 5.97 Å². The van der Waals surface area contributed by atoms with Crippen LogP contribution < -0.4 is 10.6 Å². The summed E-state index contributed by atoms with van der Waals surface area (Å²) in [6, 6.07) is 18.0. The zero-order valence-electron chi connectivity index (χ0n) is 17.8. The third kappa shape index (κ3) is 4.12. The Morgan fingerprint density at radius 1 is 1.06 bits per heavy atom. The zero-order chi connectivity index (χ0) is 21.9. The number of carbonyl (C=O) groups excluding carboxylic acids is 1. The fraction of sp³-hybridized carbons (Fsp3) is 0.250. The number of hydrogen-bond donors (Lipinski definition) is 2. The molecule has 32 heavy (non-hydrogen) atoms. The van der Waals surface area contributed by atoms with Gasteiger partial charge in [-0.15, -0.1) is 0 Å². The average Bonchev–Trinajstić information content (AvgIpc) is 3.38. The SMILES string of the molecule is Cc1ccc(Cn2c(NC3CCOC3=O)nc3c(NCc4ccccc4)ncnc32)cc1. The van der Waals surface area contributed by atoms with Gasteiger partial charge in [0, 0.05) is 13.0 Å². The van der Waals surface area contributed by atoms with Crippen LogP contribution in [0.2, 0.25) is 0 Å². The van der Waals surface area contributed by atoms with Crippen LogP contribution in [-0.2, 0) is 22.6 Å². The number of rotatable bonds is 7. The Morgan fingerprint density at radius 3 is 2.62 bits per heavy atom. The summed E-state index contributed by atoms with van der Waals surface area (Å²) >= 11 is 0. The molecular weight excluding hydrogens is 404 g/mol. The fourth-order valence-corrected chi connectivity index (χ4v) is 3.77. The minimum absolute atomic E-state index is 0.257. The molecule has 2 N–H and O–H groups in total. The van der Waals surface area contributed by atoms with Gasteiger partial charge in [0.15, 0.2) is 17.0 Å². The Labute approximate surface area is 185 Å². The van der Waals surface area contributed by atoms with E-state index in [1.54, 1.807) is 0 Å². The number of hydrogen-bond acceptors (Lipinski definition) is 7. The summed E-state index contributed by atoms with van der Waals surface area (Å²) in [6.07, 6.45) is 2.15. The predicted molar refractivity (Wildman–Crippen MR) is 122 cm³/mol. The summed E-state index contributed by atoms with van der Waals surface area (Å²) in [5, 5.41) is 6.63. The van der Waals surface area contributed by atoms with Gasteiger partial charge < -0.3 is 15.4 Å². The number of anilines is 2. The first-order chi connectivity index (χ1) is 15.7. The van der Waals surface area contributed by atoms with Crippen LogP contribution in [0.15, 0.2) is 60.9 Å². The van der Waals surface area contributed by atoms with Crippen molar-refractivity contribution >= 4 is 28.9 Å². The number of nitrogens with zero attached hydrogens (tertiary/aromatic N) is 4. The molecule has 0 bridgehead atoms. The number of nitrogens with one attached hydrogen (secondary N) is 2. The second-order valence-electron chi connectivity index (χ2n) is 7.89. The Balaban J connectivity index is 1.51. The lowest BCUT2D eigenvalue weighted by Gasteiger charge is -2.13. The van der Waals surface area contributed by atoms with Crippen LogP contribution in [0.4, 0.5) is 11.8 Å². The number of cyclic esters (lactones) is 1. The van der Waals surface area contributed by atoms with Crippen LogP contribution in [0.5, 0.6) is 0 Å². The normalized spacial score (nSPS) is 15.7. The van der Waals surface area contributed by atoms with Crippen molar-refractivity contribution in [2.75, 3.05) is 17.2 Å². The molecule has 8 nitrogen and oxygen atoms in total. The van der Waals surface area contributed by atoms with E-state index < -0.39 is 6.04 Å². The van der Waals surface area contributed by atoms with Crippen LogP contribution in [-0.4, -0.2) is 38.1 Å². The predicted octanol–water partition coefficient (Wildman–Crippen LogP) is 3.52. The molecule has 1 aliphatic rings. The number of aromatic nitrogens is 4. The molecule has 0 radical (unpaired) electrons. The molecule has 2 aromatic heterocycles. The Hall–Kier alpha value is -3.94. The molecule has 162 valence electrons. The molecule has 0 spiro atoms. The Kier molecular flexibility index (Phi) is 5.41. The maximum atomic E-state index is 12.1. The molecule has 1 aliphatic heterocycles. The van der Waals surface area contributed by atoms with E-state index in [1.807, 2.05) is 22.8 Å². The number of aryl methyl sites for hydroxylation is 1. The first-order valence-electron chi connectivity index (χ1n) is 10.6. The summed E-state index contributed by atoms with van der Waals surface area (Å²) in [5.41, 5.74) is 4.81. The molecule has 1 unspecified atom stereocenters. The highest BCUT2D eigenvalue weighted by atomic mass is 16.5. The smallest absolute Gasteiger partial charge is 0.328 e. The van der Waals surface area contributed by atoms with Gasteiger partial charge in [0.2, 0.25) is 5.95 Å². The lowest BCUT2D eigenvalue weighted by atomic mass is 10.1. The molecule has 8 heteroatoms. The molecule has 1 saturated heterocycles. The third-order valence-electron chi connectivity index (χ3n) is 5.53. The summed E-state index contributed by atoms with van der Waals surface area (Å²) in [4.78, 5) is 25.8. The quantitative estimate of drug-likeness (QED) is 0.435. The highest BCUT2D eigenvalue weighted by molar-refractivity contribution is 5.86. The van der Waals surface area contributed by atoms with Crippen molar-refractivity contribution in [3.8, 4) is 0 Å². The highest BCUT2D eigenvalue weighted by Gasteiger charge is 2.28. The zero-order valence-corrected chi connectivity index (χ0v) is 17.8. The second-order valence-corrected chi connectivity index (χ2v) is 7.89. The van der Waals surface area contributed by atoms with Crippen LogP contribution in [0.1, 0.15) is 23.1 Å². The first kappa shape index (κ1) is 20.0. The van der Waals surface area contributed by atoms with Crippen LogP contribution in [0.25, 0.3) is 11.2 Å². The molecule has 1 fully saturated rings. The first-order valence-corrected chi connectivity index (χ1v) is 10.6. The van der Waals surface area contributed by atoms with Crippen molar-refractivity contribution in [3.05, 3.63) is 77.6 Å². The van der Waals surface area contributed by atoms with E-state index in [0.717, 1.165) is 11.1 Å². The topological polar surface area (TPSA) is 94.0 Å². The average molecular weight is 428 g/mol. The van der Waals surface area contributed by atoms with E-state index in [4.69, 9.17) is 9.72 Å². The second kappa shape index (κ2) is 8.66. The maximum absolute atomic E-state index is 12.1. The van der Waals surface area contributed by atoms with Gasteiger partial charge in [0.1, 0.15) is 12.4 Å². The molecule has 0 amide bonds. The van der Waals surface area contributed by atoms with Crippen molar-refractivity contribution in [2.45, 2.75) is 32.5 Å². The van der Waals surface area contributed by atoms with E-state index in [-0.39, 0.29) is 5.97 Å². The summed E-state index contributed by atoms with van der Waals surface area (Å²) in [7, 11) is 0. The van der Waals surface area contributed by atoms with Crippen LogP contribution in [0, 0.1) is 6.92 Å². The summed E-state index contributed by atoms with van der Waals surface area (Å²) in [6.45, 7) is 3.66. The van der Waals surface area contributed by atoms with Crippen molar-refractivity contribution in [1.82, 2.24) is 19.5 Å². The maximum Gasteiger partial charge on any atom is 0.328 e. The molecule has 3 heterocycles. The van der Waals surface area contributed by atoms with Gasteiger partial charge in [0.25, 0.3) is 0 Å². The number of esters is 1. The molecular formula is C24H24N6O2. The number of carbonyl (C=O) groups is 1. The number of fused-ring (bicyclic) bond motifs is 1. The number of ether oxygens (including phenoxy) is 1. The van der Waals surface area contributed by atoms with Crippen molar-refractivity contribution in [1.29, 1.82) is 0 Å². The van der Waals surface area contributed by atoms with Crippen molar-refractivity contribution < 1.29 is 9.53 Å². The summed E-state index contributed by atoms with van der Waals surface area (Å²) in [5.74, 6) is 0.971. The van der Waals surface area contributed by atoms with Crippen LogP contribution >= 0.6 is 0 Å². The highest BCUT2D eigenvalue weighted by Crippen LogP contribution is 2.26. The van der Waals surface area contributed by atoms with Crippen molar-refractivity contribution in [3.63, 3.8) is 0 Å². The van der Waals surface area contributed by atoms with Gasteiger partial charge in [-0.1, -0.05) is 60.2 Å². The lowest BCUT2D eigenvalue weighted by Crippen LogP contribution is -2.26. The van der Waals surface area contributed by atoms with E-state index in [0.29, 0.717) is 49.0 Å². The van der Waals surface area contributed by atoms with Gasteiger partial charge in [0.05, 0.1) is 13.2 Å². The third-order valence-corrected chi connectivity index (χ3v) is 5.53. The standard InChI is InChI=1S/C24H24N6O2/c1-16-7-9-18(10-8-16)14-30-22-20(29-24(30)28-19-11-12-32-23(19)31)21(26-15-27-22)25-13-17-5-3-2-4-6-17/h2-10,15,19H,11-14H2,1H3,(H,28,29)(H,25,26,27).